The first kappa shape index (κ1) is 19.8. The number of nitrogens with zero attached hydrogens (tertiary/aromatic N) is 2. The summed E-state index contributed by atoms with van der Waals surface area (Å²) in [4.78, 5) is 15.8. The number of aromatic nitrogens is 1. The average Bonchev–Trinajstić information content (AvgIpc) is 2.62. The lowest BCUT2D eigenvalue weighted by molar-refractivity contribution is -0.136. The summed E-state index contributed by atoms with van der Waals surface area (Å²) in [6.45, 7) is 0.975. The smallest absolute Gasteiger partial charge is 0.264 e. The van der Waals surface area contributed by atoms with E-state index in [0.717, 1.165) is 4.31 Å². The molecule has 1 amide bonds. The van der Waals surface area contributed by atoms with Gasteiger partial charge in [0.05, 0.1) is 11.0 Å². The van der Waals surface area contributed by atoms with Gasteiger partial charge in [0.25, 0.3) is 5.91 Å². The number of rotatable bonds is 7. The van der Waals surface area contributed by atoms with Crippen molar-refractivity contribution in [3.63, 3.8) is 0 Å². The highest BCUT2D eigenvalue weighted by Crippen LogP contribution is 2.24. The van der Waals surface area contributed by atoms with Crippen molar-refractivity contribution in [3.8, 4) is 5.75 Å². The maximum absolute atomic E-state index is 13.1. The number of carbonyl (C=O) groups excluding carboxylic acids is 1. The van der Waals surface area contributed by atoms with Crippen LogP contribution in [0.5, 0.6) is 5.75 Å². The Labute approximate surface area is 150 Å². The second kappa shape index (κ2) is 8.23. The van der Waals surface area contributed by atoms with Crippen molar-refractivity contribution in [2.75, 3.05) is 0 Å². The van der Waals surface area contributed by atoms with Gasteiger partial charge in [-0.2, -0.15) is 4.31 Å². The predicted octanol–water partition coefficient (Wildman–Crippen LogP) is 0.233. The SMILES string of the molecule is C[C@H](O)C(C(=O)NO)N(Cc1cccnc1)S(=O)(=O)c1ccc(O)cc1. The average molecular weight is 381 g/mol. The van der Waals surface area contributed by atoms with Gasteiger partial charge >= 0.3 is 0 Å². The number of phenolic OH excluding ortho intramolecular Hbond substituents is 1. The number of benzene rings is 1. The molecule has 0 saturated heterocycles. The Balaban J connectivity index is 2.54. The van der Waals surface area contributed by atoms with E-state index in [4.69, 9.17) is 5.21 Å². The molecule has 4 N–H and O–H groups in total. The maximum Gasteiger partial charge on any atom is 0.264 e. The lowest BCUT2D eigenvalue weighted by atomic mass is 10.1. The van der Waals surface area contributed by atoms with Crippen molar-refractivity contribution in [1.29, 1.82) is 0 Å². The van der Waals surface area contributed by atoms with Crippen LogP contribution in [0.2, 0.25) is 0 Å². The number of hydrogen-bond donors (Lipinski definition) is 4. The van der Waals surface area contributed by atoms with Gasteiger partial charge in [-0.25, -0.2) is 13.9 Å². The monoisotopic (exact) mass is 381 g/mol. The third-order valence-electron chi connectivity index (χ3n) is 3.65. The molecule has 9 nitrogen and oxygen atoms in total. The molecule has 0 aliphatic carbocycles. The minimum Gasteiger partial charge on any atom is -0.508 e. The van der Waals surface area contributed by atoms with Gasteiger partial charge in [0.2, 0.25) is 10.0 Å². The number of aromatic hydroxyl groups is 1. The summed E-state index contributed by atoms with van der Waals surface area (Å²) in [6, 6.07) is 6.37. The van der Waals surface area contributed by atoms with Gasteiger partial charge in [0.1, 0.15) is 11.8 Å². The number of amides is 1. The van der Waals surface area contributed by atoms with E-state index >= 15 is 0 Å². The maximum atomic E-state index is 13.1. The molecule has 0 aliphatic heterocycles. The lowest BCUT2D eigenvalue weighted by Gasteiger charge is -2.31. The van der Waals surface area contributed by atoms with E-state index in [0.29, 0.717) is 5.56 Å². The Hall–Kier alpha value is -2.53. The van der Waals surface area contributed by atoms with Crippen molar-refractivity contribution in [2.45, 2.75) is 30.5 Å². The third-order valence-corrected chi connectivity index (χ3v) is 5.49. The first-order chi connectivity index (χ1) is 12.3. The molecule has 1 aromatic carbocycles. The van der Waals surface area contributed by atoms with Crippen molar-refractivity contribution < 1.29 is 28.6 Å². The van der Waals surface area contributed by atoms with Gasteiger partial charge in [-0.15, -0.1) is 0 Å². The number of phenols is 1. The molecule has 0 spiro atoms. The van der Waals surface area contributed by atoms with Crippen LogP contribution in [0, 0.1) is 0 Å². The Bertz CT molecular complexity index is 840. The summed E-state index contributed by atoms with van der Waals surface area (Å²) in [6.07, 6.45) is 1.52. The van der Waals surface area contributed by atoms with Crippen molar-refractivity contribution in [3.05, 3.63) is 54.4 Å². The molecule has 26 heavy (non-hydrogen) atoms. The molecule has 0 fully saturated rings. The number of hydroxylamine groups is 1. The minimum absolute atomic E-state index is 0.122. The molecule has 10 heteroatoms. The summed E-state index contributed by atoms with van der Waals surface area (Å²) < 4.78 is 26.9. The number of aliphatic hydroxyl groups is 1. The van der Waals surface area contributed by atoms with E-state index in [9.17, 15) is 23.4 Å². The Morgan fingerprint density at radius 3 is 2.42 bits per heavy atom. The van der Waals surface area contributed by atoms with E-state index in [1.807, 2.05) is 0 Å². The quantitative estimate of drug-likeness (QED) is 0.398. The fraction of sp³-hybridized carbons (Fsp3) is 0.250. The zero-order valence-electron chi connectivity index (χ0n) is 13.8. The summed E-state index contributed by atoms with van der Waals surface area (Å²) in [5.74, 6) is -1.20. The molecule has 2 aromatic rings. The molecule has 1 heterocycles. The number of pyridine rings is 1. The first-order valence-corrected chi connectivity index (χ1v) is 9.03. The molecular formula is C16H19N3O6S. The van der Waals surface area contributed by atoms with Crippen LogP contribution in [0.3, 0.4) is 0 Å². The molecule has 0 bridgehead atoms. The molecule has 0 saturated carbocycles. The zero-order chi connectivity index (χ0) is 19.3. The normalized spacial score (nSPS) is 14.0. The largest absolute Gasteiger partial charge is 0.508 e. The van der Waals surface area contributed by atoms with Gasteiger partial charge in [-0.1, -0.05) is 6.07 Å². The van der Waals surface area contributed by atoms with Gasteiger partial charge < -0.3 is 10.2 Å². The van der Waals surface area contributed by atoms with Gasteiger partial charge in [-0.3, -0.25) is 15.0 Å². The van der Waals surface area contributed by atoms with E-state index < -0.39 is 28.1 Å². The third kappa shape index (κ3) is 4.35. The van der Waals surface area contributed by atoms with Crippen LogP contribution in [-0.2, 0) is 21.4 Å². The zero-order valence-corrected chi connectivity index (χ0v) is 14.7. The van der Waals surface area contributed by atoms with E-state index in [1.54, 1.807) is 12.1 Å². The molecule has 2 atom stereocenters. The van der Waals surface area contributed by atoms with Crippen LogP contribution >= 0.6 is 0 Å². The Morgan fingerprint density at radius 2 is 1.92 bits per heavy atom. The van der Waals surface area contributed by atoms with Crippen LogP contribution in [0.1, 0.15) is 12.5 Å². The summed E-state index contributed by atoms with van der Waals surface area (Å²) in [7, 11) is -4.25. The fourth-order valence-electron chi connectivity index (χ4n) is 2.41. The highest BCUT2D eigenvalue weighted by molar-refractivity contribution is 7.89. The number of nitrogens with one attached hydrogen (secondary N) is 1. The number of sulfonamides is 1. The van der Waals surface area contributed by atoms with Crippen molar-refractivity contribution in [1.82, 2.24) is 14.8 Å². The highest BCUT2D eigenvalue weighted by atomic mass is 32.2. The molecule has 0 aliphatic rings. The Morgan fingerprint density at radius 1 is 1.27 bits per heavy atom. The van der Waals surface area contributed by atoms with Gasteiger partial charge in [0, 0.05) is 18.9 Å². The van der Waals surface area contributed by atoms with Crippen molar-refractivity contribution >= 4 is 15.9 Å². The highest BCUT2D eigenvalue weighted by Gasteiger charge is 2.39. The molecule has 2 rings (SSSR count). The standard InChI is InChI=1S/C16H19N3O6S/c1-11(20)15(16(22)18-23)19(10-12-3-2-8-17-9-12)26(24,25)14-6-4-13(21)5-7-14/h2-9,11,15,20-21,23H,10H2,1H3,(H,18,22)/t11-,15?/m0/s1. The minimum atomic E-state index is -4.25. The second-order valence-corrected chi connectivity index (χ2v) is 7.46. The van der Waals surface area contributed by atoms with Crippen LogP contribution in [0.25, 0.3) is 0 Å². The lowest BCUT2D eigenvalue weighted by Crippen LogP contribution is -2.53. The van der Waals surface area contributed by atoms with E-state index in [2.05, 4.69) is 4.98 Å². The summed E-state index contributed by atoms with van der Waals surface area (Å²) >= 11 is 0. The number of carbonyl (C=O) groups is 1. The Kier molecular flexibility index (Phi) is 6.27. The molecular weight excluding hydrogens is 362 g/mol. The number of aliphatic hydroxyl groups excluding tert-OH is 1. The van der Waals surface area contributed by atoms with Crippen LogP contribution < -0.4 is 5.48 Å². The summed E-state index contributed by atoms with van der Waals surface area (Å²) in [5.41, 5.74) is 1.86. The van der Waals surface area contributed by atoms with E-state index in [-0.39, 0.29) is 17.2 Å². The second-order valence-electron chi connectivity index (χ2n) is 5.57. The molecule has 1 aromatic heterocycles. The van der Waals surface area contributed by atoms with E-state index in [1.165, 1.54) is 49.1 Å². The molecule has 1 unspecified atom stereocenters. The fourth-order valence-corrected chi connectivity index (χ4v) is 4.06. The summed E-state index contributed by atoms with van der Waals surface area (Å²) in [5, 5.41) is 28.3. The molecule has 0 radical (unpaired) electrons. The molecule has 140 valence electrons. The topological polar surface area (TPSA) is 140 Å². The van der Waals surface area contributed by atoms with Crippen LogP contribution in [0.4, 0.5) is 0 Å². The first-order valence-electron chi connectivity index (χ1n) is 7.59. The van der Waals surface area contributed by atoms with Crippen molar-refractivity contribution in [2.24, 2.45) is 0 Å². The van der Waals surface area contributed by atoms with Gasteiger partial charge in [0.15, 0.2) is 0 Å². The predicted molar refractivity (Wildman–Crippen MR) is 90.5 cm³/mol. The van der Waals surface area contributed by atoms with Gasteiger partial charge in [-0.05, 0) is 42.8 Å². The number of hydrogen-bond acceptors (Lipinski definition) is 7. The van der Waals surface area contributed by atoms with Crippen LogP contribution in [0.15, 0.2) is 53.7 Å². The van der Waals surface area contributed by atoms with Crippen LogP contribution in [-0.4, -0.2) is 51.2 Å².